The van der Waals surface area contributed by atoms with Crippen molar-refractivity contribution < 1.29 is 0 Å². The Balaban J connectivity index is 4.24. The first-order valence-electron chi connectivity index (χ1n) is 6.24. The molecule has 0 amide bonds. The molecule has 0 nitrogen and oxygen atoms in total. The van der Waals surface area contributed by atoms with E-state index in [2.05, 4.69) is 34.3 Å². The highest BCUT2D eigenvalue weighted by Crippen LogP contribution is 2.38. The molecule has 0 aromatic heterocycles. The minimum absolute atomic E-state index is 0.614. The third-order valence-corrected chi connectivity index (χ3v) is 3.39. The lowest BCUT2D eigenvalue weighted by Crippen LogP contribution is -2.19. The van der Waals surface area contributed by atoms with Crippen LogP contribution < -0.4 is 0 Å². The highest BCUT2D eigenvalue weighted by atomic mass is 14.3. The average Bonchev–Trinajstić information content (AvgIpc) is 2.15. The molecule has 84 valence electrons. The summed E-state index contributed by atoms with van der Waals surface area (Å²) in [5.41, 5.74) is 1.96. The van der Waals surface area contributed by atoms with Crippen molar-refractivity contribution in [3.8, 4) is 0 Å². The van der Waals surface area contributed by atoms with Crippen LogP contribution in [-0.4, -0.2) is 0 Å². The van der Waals surface area contributed by atoms with Crippen LogP contribution in [0.15, 0.2) is 12.2 Å². The second-order valence-electron chi connectivity index (χ2n) is 4.81. The van der Waals surface area contributed by atoms with Crippen molar-refractivity contribution in [3.05, 3.63) is 12.2 Å². The minimum Gasteiger partial charge on any atom is -0.100 e. The highest BCUT2D eigenvalue weighted by molar-refractivity contribution is 4.91. The Morgan fingerprint density at radius 3 is 1.79 bits per heavy atom. The normalized spacial score (nSPS) is 11.7. The van der Waals surface area contributed by atoms with E-state index in [0.29, 0.717) is 5.41 Å². The van der Waals surface area contributed by atoms with Gasteiger partial charge < -0.3 is 0 Å². The summed E-state index contributed by atoms with van der Waals surface area (Å²) < 4.78 is 0. The predicted octanol–water partition coefficient (Wildman–Crippen LogP) is 5.34. The van der Waals surface area contributed by atoms with Crippen LogP contribution in [0.3, 0.4) is 0 Å². The van der Waals surface area contributed by atoms with Gasteiger partial charge >= 0.3 is 0 Å². The molecule has 0 heterocycles. The van der Waals surface area contributed by atoms with Crippen molar-refractivity contribution in [3.63, 3.8) is 0 Å². The van der Waals surface area contributed by atoms with E-state index in [1.165, 1.54) is 50.5 Å². The fourth-order valence-electron chi connectivity index (χ4n) is 2.44. The summed E-state index contributed by atoms with van der Waals surface area (Å²) in [6, 6.07) is 0. The molecule has 0 spiro atoms. The third-order valence-electron chi connectivity index (χ3n) is 3.39. The molecule has 0 saturated heterocycles. The molecule has 0 aliphatic rings. The molecular formula is C14H28. The number of hydrogen-bond acceptors (Lipinski definition) is 0. The first-order valence-corrected chi connectivity index (χ1v) is 6.24. The summed E-state index contributed by atoms with van der Waals surface area (Å²) in [5.74, 6) is 0. The number of rotatable bonds is 8. The molecule has 0 aliphatic carbocycles. The SMILES string of the molecule is C=C(C)CCC(CC)(CCC)CCC. The van der Waals surface area contributed by atoms with E-state index in [0.717, 1.165) is 0 Å². The van der Waals surface area contributed by atoms with E-state index < -0.39 is 0 Å². The molecule has 0 fully saturated rings. The molecule has 14 heavy (non-hydrogen) atoms. The minimum atomic E-state index is 0.614. The second-order valence-corrected chi connectivity index (χ2v) is 4.81. The van der Waals surface area contributed by atoms with E-state index >= 15 is 0 Å². The zero-order valence-corrected chi connectivity index (χ0v) is 10.7. The fourth-order valence-corrected chi connectivity index (χ4v) is 2.44. The lowest BCUT2D eigenvalue weighted by atomic mass is 9.73. The van der Waals surface area contributed by atoms with Crippen LogP contribution >= 0.6 is 0 Å². The van der Waals surface area contributed by atoms with Gasteiger partial charge in [0, 0.05) is 0 Å². The van der Waals surface area contributed by atoms with Crippen molar-refractivity contribution >= 4 is 0 Å². The van der Waals surface area contributed by atoms with Crippen molar-refractivity contribution in [2.75, 3.05) is 0 Å². The van der Waals surface area contributed by atoms with Crippen molar-refractivity contribution in [1.82, 2.24) is 0 Å². The summed E-state index contributed by atoms with van der Waals surface area (Å²) in [6.45, 7) is 13.1. The smallest absolute Gasteiger partial charge is 0.0297 e. The zero-order chi connectivity index (χ0) is 11.0. The molecule has 0 radical (unpaired) electrons. The van der Waals surface area contributed by atoms with E-state index in [1.54, 1.807) is 0 Å². The predicted molar refractivity (Wildman–Crippen MR) is 66.6 cm³/mol. The van der Waals surface area contributed by atoms with Crippen LogP contribution in [-0.2, 0) is 0 Å². The summed E-state index contributed by atoms with van der Waals surface area (Å²) in [6.07, 6.45) is 9.33. The maximum Gasteiger partial charge on any atom is -0.0297 e. The van der Waals surface area contributed by atoms with Crippen LogP contribution in [0, 0.1) is 5.41 Å². The van der Waals surface area contributed by atoms with Gasteiger partial charge in [0.2, 0.25) is 0 Å². The van der Waals surface area contributed by atoms with Gasteiger partial charge in [-0.15, -0.1) is 6.58 Å². The standard InChI is InChI=1S/C14H28/c1-6-10-14(8-3,11-7-2)12-9-13(4)5/h4,6-12H2,1-3,5H3. The third kappa shape index (κ3) is 4.83. The largest absolute Gasteiger partial charge is 0.100 e. The van der Waals surface area contributed by atoms with E-state index in [1.807, 2.05) is 0 Å². The maximum atomic E-state index is 4.01. The summed E-state index contributed by atoms with van der Waals surface area (Å²) in [4.78, 5) is 0. The Kier molecular flexibility index (Phi) is 6.96. The zero-order valence-electron chi connectivity index (χ0n) is 10.7. The summed E-state index contributed by atoms with van der Waals surface area (Å²) >= 11 is 0. The van der Waals surface area contributed by atoms with Crippen LogP contribution in [0.4, 0.5) is 0 Å². The lowest BCUT2D eigenvalue weighted by molar-refractivity contribution is 0.204. The second kappa shape index (κ2) is 7.09. The first kappa shape index (κ1) is 13.7. The van der Waals surface area contributed by atoms with E-state index in [4.69, 9.17) is 0 Å². The Morgan fingerprint density at radius 1 is 1.00 bits per heavy atom. The molecule has 0 atom stereocenters. The van der Waals surface area contributed by atoms with Crippen LogP contribution in [0.5, 0.6) is 0 Å². The van der Waals surface area contributed by atoms with Gasteiger partial charge in [-0.25, -0.2) is 0 Å². The van der Waals surface area contributed by atoms with Gasteiger partial charge in [-0.1, -0.05) is 45.6 Å². The maximum absolute atomic E-state index is 4.01. The summed E-state index contributed by atoms with van der Waals surface area (Å²) in [5, 5.41) is 0. The molecule has 0 bridgehead atoms. The molecular weight excluding hydrogens is 168 g/mol. The van der Waals surface area contributed by atoms with Gasteiger partial charge in [0.15, 0.2) is 0 Å². The Bertz CT molecular complexity index is 149. The highest BCUT2D eigenvalue weighted by Gasteiger charge is 2.25. The summed E-state index contributed by atoms with van der Waals surface area (Å²) in [7, 11) is 0. The number of allylic oxidation sites excluding steroid dienone is 1. The molecule has 0 unspecified atom stereocenters. The Labute approximate surface area is 90.8 Å². The van der Waals surface area contributed by atoms with Gasteiger partial charge in [-0.05, 0) is 38.0 Å². The monoisotopic (exact) mass is 196 g/mol. The molecule has 0 saturated carbocycles. The molecule has 0 N–H and O–H groups in total. The number of hydrogen-bond donors (Lipinski definition) is 0. The Hall–Kier alpha value is -0.260. The van der Waals surface area contributed by atoms with Gasteiger partial charge in [0.25, 0.3) is 0 Å². The van der Waals surface area contributed by atoms with Crippen LogP contribution in [0.2, 0.25) is 0 Å². The average molecular weight is 196 g/mol. The topological polar surface area (TPSA) is 0 Å². The molecule has 0 aromatic rings. The molecule has 0 aromatic carbocycles. The molecule has 0 aliphatic heterocycles. The molecule has 0 heteroatoms. The Morgan fingerprint density at radius 2 is 1.50 bits per heavy atom. The van der Waals surface area contributed by atoms with Gasteiger partial charge in [0.1, 0.15) is 0 Å². The van der Waals surface area contributed by atoms with E-state index in [-0.39, 0.29) is 0 Å². The van der Waals surface area contributed by atoms with Crippen LogP contribution in [0.1, 0.15) is 72.6 Å². The fraction of sp³-hybridized carbons (Fsp3) is 0.857. The van der Waals surface area contributed by atoms with Crippen LogP contribution in [0.25, 0.3) is 0 Å². The quantitative estimate of drug-likeness (QED) is 0.460. The van der Waals surface area contributed by atoms with Crippen molar-refractivity contribution in [1.29, 1.82) is 0 Å². The van der Waals surface area contributed by atoms with Gasteiger partial charge in [-0.3, -0.25) is 0 Å². The lowest BCUT2D eigenvalue weighted by Gasteiger charge is -2.32. The van der Waals surface area contributed by atoms with Gasteiger partial charge in [0.05, 0.1) is 0 Å². The molecule has 0 rings (SSSR count). The van der Waals surface area contributed by atoms with E-state index in [9.17, 15) is 0 Å². The van der Waals surface area contributed by atoms with Crippen molar-refractivity contribution in [2.45, 2.75) is 72.6 Å². The van der Waals surface area contributed by atoms with Gasteiger partial charge in [-0.2, -0.15) is 0 Å². The van der Waals surface area contributed by atoms with Crippen molar-refractivity contribution in [2.24, 2.45) is 5.41 Å². The first-order chi connectivity index (χ1) is 6.60.